The molecule has 258 valence electrons. The van der Waals surface area contributed by atoms with Gasteiger partial charge in [-0.25, -0.2) is 0 Å². The second kappa shape index (κ2) is 13.3. The summed E-state index contributed by atoms with van der Waals surface area (Å²) in [5, 5.41) is 75.2. The fraction of sp³-hybridized carbons (Fsp3) is 0.250. The number of benzene rings is 4. The Balaban J connectivity index is 1.50. The van der Waals surface area contributed by atoms with Gasteiger partial charge >= 0.3 is 0 Å². The number of aromatic hydroxyl groups is 6. The number of ether oxygens (including phenoxy) is 1. The van der Waals surface area contributed by atoms with Gasteiger partial charge in [0.05, 0.1) is 11.1 Å². The van der Waals surface area contributed by atoms with E-state index in [2.05, 4.69) is 0 Å². The zero-order valence-corrected chi connectivity index (χ0v) is 27.7. The molecule has 2 aliphatic rings. The van der Waals surface area contributed by atoms with Crippen LogP contribution in [0, 0.1) is 5.92 Å². The molecule has 0 bridgehead atoms. The van der Waals surface area contributed by atoms with E-state index in [0.717, 1.165) is 11.1 Å². The zero-order valence-electron chi connectivity index (χ0n) is 27.7. The number of carbonyl (C=O) groups is 2. The van der Waals surface area contributed by atoms with Gasteiger partial charge in [-0.3, -0.25) is 9.59 Å². The molecule has 0 unspecified atom stereocenters. The number of hydrogen-bond acceptors (Lipinski definition) is 10. The zero-order chi connectivity index (χ0) is 36.0. The number of aliphatic hydroxyl groups excluding tert-OH is 1. The molecule has 10 heteroatoms. The highest BCUT2D eigenvalue weighted by Crippen LogP contribution is 2.51. The van der Waals surface area contributed by atoms with E-state index in [1.165, 1.54) is 48.5 Å². The minimum atomic E-state index is -1.69. The summed E-state index contributed by atoms with van der Waals surface area (Å²) in [6.45, 7) is 5.63. The van der Waals surface area contributed by atoms with E-state index in [9.17, 15) is 45.3 Å². The van der Waals surface area contributed by atoms with Crippen LogP contribution < -0.4 is 4.74 Å². The molecule has 10 nitrogen and oxygen atoms in total. The van der Waals surface area contributed by atoms with Gasteiger partial charge in [0.25, 0.3) is 0 Å². The van der Waals surface area contributed by atoms with Crippen molar-refractivity contribution >= 4 is 11.6 Å². The Hall–Kier alpha value is -5.74. The molecule has 0 amide bonds. The number of rotatable bonds is 7. The van der Waals surface area contributed by atoms with Gasteiger partial charge in [0.15, 0.2) is 23.8 Å². The molecule has 1 heterocycles. The van der Waals surface area contributed by atoms with Crippen LogP contribution in [0.15, 0.2) is 90.0 Å². The molecule has 50 heavy (non-hydrogen) atoms. The minimum Gasteiger partial charge on any atom is -0.508 e. The van der Waals surface area contributed by atoms with Crippen molar-refractivity contribution in [3.05, 3.63) is 123 Å². The molecule has 0 aromatic heterocycles. The van der Waals surface area contributed by atoms with Gasteiger partial charge < -0.3 is 40.5 Å². The lowest BCUT2D eigenvalue weighted by Gasteiger charge is -2.37. The highest BCUT2D eigenvalue weighted by Gasteiger charge is 2.43. The summed E-state index contributed by atoms with van der Waals surface area (Å²) in [6.07, 6.45) is 1.20. The summed E-state index contributed by atoms with van der Waals surface area (Å²) in [6, 6.07) is 15.3. The Morgan fingerprint density at radius 3 is 2.26 bits per heavy atom. The predicted molar refractivity (Wildman–Crippen MR) is 184 cm³/mol. The van der Waals surface area contributed by atoms with Crippen LogP contribution in [0.4, 0.5) is 0 Å². The highest BCUT2D eigenvalue weighted by molar-refractivity contribution is 6.04. The summed E-state index contributed by atoms with van der Waals surface area (Å²) in [7, 11) is 0. The Kier molecular flexibility index (Phi) is 9.07. The van der Waals surface area contributed by atoms with Crippen molar-refractivity contribution in [2.75, 3.05) is 0 Å². The van der Waals surface area contributed by atoms with E-state index in [-0.39, 0.29) is 68.9 Å². The van der Waals surface area contributed by atoms with Gasteiger partial charge in [-0.2, -0.15) is 0 Å². The number of aliphatic hydroxyl groups is 1. The van der Waals surface area contributed by atoms with Gasteiger partial charge in [-0.05, 0) is 87.2 Å². The molecule has 0 spiro atoms. The van der Waals surface area contributed by atoms with Gasteiger partial charge in [-0.1, -0.05) is 35.4 Å². The number of phenolic OH excluding ortho intramolecular Hbond substituents is 6. The lowest BCUT2D eigenvalue weighted by Crippen LogP contribution is -2.36. The molecule has 7 N–H and O–H groups in total. The lowest BCUT2D eigenvalue weighted by atomic mass is 9.65. The summed E-state index contributed by atoms with van der Waals surface area (Å²) < 4.78 is 5.98. The van der Waals surface area contributed by atoms with Crippen LogP contribution in [0.3, 0.4) is 0 Å². The van der Waals surface area contributed by atoms with Crippen LogP contribution in [-0.4, -0.2) is 53.4 Å². The fourth-order valence-corrected chi connectivity index (χ4v) is 7.06. The van der Waals surface area contributed by atoms with Crippen LogP contribution >= 0.6 is 0 Å². The Morgan fingerprint density at radius 1 is 0.840 bits per heavy atom. The Bertz CT molecular complexity index is 2070. The maximum absolute atomic E-state index is 14.8. The number of carbonyl (C=O) groups excluding carboxylic acids is 2. The molecule has 5 atom stereocenters. The molecule has 6 rings (SSSR count). The lowest BCUT2D eigenvalue weighted by molar-refractivity contribution is 0.0207. The number of Topliss-reactive ketones (excluding diaryl/α,β-unsaturated/α-hetero) is 2. The van der Waals surface area contributed by atoms with Gasteiger partial charge in [0.2, 0.25) is 0 Å². The van der Waals surface area contributed by atoms with E-state index < -0.39 is 41.5 Å². The third-order valence-corrected chi connectivity index (χ3v) is 9.56. The molecule has 1 aliphatic heterocycles. The first-order valence-corrected chi connectivity index (χ1v) is 16.2. The van der Waals surface area contributed by atoms with E-state index in [1.54, 1.807) is 18.2 Å². The molecule has 0 saturated heterocycles. The molecule has 0 fully saturated rings. The average molecular weight is 679 g/mol. The maximum Gasteiger partial charge on any atom is 0.199 e. The molecule has 4 aromatic rings. The van der Waals surface area contributed by atoms with Gasteiger partial charge in [0.1, 0.15) is 40.2 Å². The summed E-state index contributed by atoms with van der Waals surface area (Å²) in [4.78, 5) is 27.9. The first-order valence-electron chi connectivity index (χ1n) is 16.2. The number of allylic oxidation sites excluding steroid dienone is 4. The monoisotopic (exact) mass is 678 g/mol. The van der Waals surface area contributed by atoms with E-state index in [0.29, 0.717) is 17.5 Å². The quantitative estimate of drug-likeness (QED) is 0.0808. The third-order valence-electron chi connectivity index (χ3n) is 9.56. The second-order valence-corrected chi connectivity index (χ2v) is 13.3. The molecule has 0 saturated carbocycles. The SMILES string of the molecule is CC(C)=CCc1c(O)ccc(C(=O)[C@H]2[C@@H](c3ccc(O)cc3O)CC(C)=C[C@H]2c2ccc(O)c([C@H]3Oc4cc(O)ccc4C(=O)[C@@H]3O)c2)c1O. The largest absolute Gasteiger partial charge is 0.508 e. The third kappa shape index (κ3) is 6.25. The van der Waals surface area contributed by atoms with Crippen LogP contribution in [0.1, 0.15) is 88.1 Å². The standard InChI is InChI=1S/C40H38O10/c1-19(2)4-8-25-31(43)13-11-27(36(25)46)37(47)35-28(14-20(3)15-29(35)24-9-6-22(41)17-33(24)45)21-5-12-32(44)30(16-21)40-39(49)38(48)26-10-7-23(42)18-34(26)50-40/h4-7,9-14,16-18,28-29,35,39-46,49H,8,15H2,1-3H3/t28-,29+,35+,39-,40+/m0/s1. The molecular weight excluding hydrogens is 640 g/mol. The van der Waals surface area contributed by atoms with Crippen LogP contribution in [0.25, 0.3) is 0 Å². The minimum absolute atomic E-state index is 0.0294. The molecule has 4 aromatic carbocycles. The predicted octanol–water partition coefficient (Wildman–Crippen LogP) is 6.82. The summed E-state index contributed by atoms with van der Waals surface area (Å²) in [5.74, 6) is -4.78. The van der Waals surface area contributed by atoms with Gasteiger partial charge in [-0.15, -0.1) is 0 Å². The van der Waals surface area contributed by atoms with Crippen LogP contribution in [-0.2, 0) is 6.42 Å². The Labute approximate surface area is 288 Å². The molecule has 1 aliphatic carbocycles. The highest BCUT2D eigenvalue weighted by atomic mass is 16.5. The maximum atomic E-state index is 14.8. The number of ketones is 2. The normalized spacial score (nSPS) is 21.5. The Morgan fingerprint density at radius 2 is 1.54 bits per heavy atom. The van der Waals surface area contributed by atoms with Crippen LogP contribution in [0.2, 0.25) is 0 Å². The number of hydrogen-bond donors (Lipinski definition) is 7. The molecule has 0 radical (unpaired) electrons. The first kappa shape index (κ1) is 34.1. The number of phenols is 6. The first-order chi connectivity index (χ1) is 23.7. The van der Waals surface area contributed by atoms with E-state index >= 15 is 0 Å². The van der Waals surface area contributed by atoms with Crippen molar-refractivity contribution in [1.82, 2.24) is 0 Å². The second-order valence-electron chi connectivity index (χ2n) is 13.3. The summed E-state index contributed by atoms with van der Waals surface area (Å²) >= 11 is 0. The summed E-state index contributed by atoms with van der Waals surface area (Å²) in [5.41, 5.74) is 3.03. The molecular formula is C40H38O10. The average Bonchev–Trinajstić information content (AvgIpc) is 3.06. The van der Waals surface area contributed by atoms with Crippen molar-refractivity contribution in [3.8, 4) is 40.2 Å². The number of fused-ring (bicyclic) bond motifs is 1. The van der Waals surface area contributed by atoms with Crippen molar-refractivity contribution < 1.29 is 50.1 Å². The van der Waals surface area contributed by atoms with E-state index in [4.69, 9.17) is 4.74 Å². The van der Waals surface area contributed by atoms with Crippen LogP contribution in [0.5, 0.6) is 40.2 Å². The van der Waals surface area contributed by atoms with Crippen molar-refractivity contribution in [2.24, 2.45) is 5.92 Å². The van der Waals surface area contributed by atoms with Crippen molar-refractivity contribution in [3.63, 3.8) is 0 Å². The van der Waals surface area contributed by atoms with Crippen molar-refractivity contribution in [1.29, 1.82) is 0 Å². The topological polar surface area (TPSA) is 185 Å². The van der Waals surface area contributed by atoms with Gasteiger partial charge in [0, 0.05) is 41.0 Å². The fourth-order valence-electron chi connectivity index (χ4n) is 7.06. The van der Waals surface area contributed by atoms with Crippen molar-refractivity contribution in [2.45, 2.75) is 57.7 Å². The smallest absolute Gasteiger partial charge is 0.199 e. The van der Waals surface area contributed by atoms with E-state index in [1.807, 2.05) is 32.9 Å².